The Hall–Kier alpha value is -3.99. The molecule has 3 heterocycles. The van der Waals surface area contributed by atoms with Crippen LogP contribution in [0.1, 0.15) is 16.7 Å². The van der Waals surface area contributed by atoms with Gasteiger partial charge in [0.25, 0.3) is 5.82 Å². The van der Waals surface area contributed by atoms with Crippen LogP contribution < -0.4 is 4.57 Å². The van der Waals surface area contributed by atoms with Crippen LogP contribution in [0.2, 0.25) is 0 Å². The first-order valence-electron chi connectivity index (χ1n) is 13.4. The Morgan fingerprint density at radius 3 is 2.15 bits per heavy atom. The zero-order valence-electron chi connectivity index (χ0n) is 22.4. The van der Waals surface area contributed by atoms with Crippen LogP contribution in [0.15, 0.2) is 91.0 Å². The molecule has 0 N–H and O–H groups in total. The molecule has 0 atom stereocenters. The maximum absolute atomic E-state index is 2.54. The van der Waals surface area contributed by atoms with Crippen molar-refractivity contribution in [2.24, 2.45) is 7.05 Å². The van der Waals surface area contributed by atoms with Crippen molar-refractivity contribution in [3.05, 3.63) is 108 Å². The second-order valence-electron chi connectivity index (χ2n) is 10.6. The minimum absolute atomic E-state index is 1.23. The maximum Gasteiger partial charge on any atom is 0.295 e. The van der Waals surface area contributed by atoms with Gasteiger partial charge in [-0.2, -0.15) is 4.57 Å². The molecular weight excluding hydrogens is 513 g/mol. The van der Waals surface area contributed by atoms with Crippen molar-refractivity contribution in [3.63, 3.8) is 0 Å². The van der Waals surface area contributed by atoms with Gasteiger partial charge < -0.3 is 0 Å². The molecule has 4 heteroatoms. The molecule has 3 aromatic heterocycles. The number of aryl methyl sites for hydroxylation is 4. The second kappa shape index (κ2) is 8.25. The monoisotopic (exact) mass is 539 g/mol. The summed E-state index contributed by atoms with van der Waals surface area (Å²) >= 11 is 3.80. The third kappa shape index (κ3) is 3.10. The normalized spacial score (nSPS) is 12.1. The predicted octanol–water partition coefficient (Wildman–Crippen LogP) is 9.78. The fourth-order valence-electron chi connectivity index (χ4n) is 6.55. The van der Waals surface area contributed by atoms with Crippen LogP contribution in [0.3, 0.4) is 0 Å². The highest BCUT2D eigenvalue weighted by Gasteiger charge is 2.31. The highest BCUT2D eigenvalue weighted by molar-refractivity contribution is 7.26. The average molecular weight is 540 g/mol. The topological polar surface area (TPSA) is 8.81 Å². The first kappa shape index (κ1) is 22.9. The zero-order chi connectivity index (χ0) is 26.4. The van der Waals surface area contributed by atoms with Gasteiger partial charge in [-0.15, -0.1) is 22.7 Å². The lowest BCUT2D eigenvalue weighted by molar-refractivity contribution is -0.633. The maximum atomic E-state index is 2.54. The van der Waals surface area contributed by atoms with E-state index in [0.717, 1.165) is 0 Å². The number of benzene rings is 5. The Balaban J connectivity index is 1.57. The number of hydrogen-bond acceptors (Lipinski definition) is 2. The standard InChI is InChI=1S/C35H27N2S2/c1-20-17-18-30-32(24-12-6-10-16-29(24)38-30)31(20)35-36(4)26-13-7-8-14-27(26)37(35)33-21(2)19-25-23-11-5-9-15-28(23)39-34(25)22(33)3/h5-19H,1-4H3/q+1. The zero-order valence-corrected chi connectivity index (χ0v) is 24.0. The minimum Gasteiger partial charge on any atom is -0.225 e. The van der Waals surface area contributed by atoms with Crippen LogP contribution in [0, 0.1) is 20.8 Å². The second-order valence-corrected chi connectivity index (χ2v) is 12.7. The van der Waals surface area contributed by atoms with Gasteiger partial charge in [-0.05, 0) is 68.3 Å². The van der Waals surface area contributed by atoms with Gasteiger partial charge in [0.05, 0.1) is 12.6 Å². The highest BCUT2D eigenvalue weighted by atomic mass is 32.1. The number of thiophene rings is 2. The lowest BCUT2D eigenvalue weighted by Crippen LogP contribution is -2.30. The van der Waals surface area contributed by atoms with Gasteiger partial charge in [0.15, 0.2) is 11.0 Å². The van der Waals surface area contributed by atoms with E-state index in [-0.39, 0.29) is 0 Å². The van der Waals surface area contributed by atoms with E-state index in [1.807, 2.05) is 22.7 Å². The molecule has 2 nitrogen and oxygen atoms in total. The Labute approximate surface area is 235 Å². The van der Waals surface area contributed by atoms with Crippen molar-refractivity contribution < 1.29 is 4.57 Å². The third-order valence-corrected chi connectivity index (χ3v) is 10.7. The van der Waals surface area contributed by atoms with E-state index in [4.69, 9.17) is 0 Å². The van der Waals surface area contributed by atoms with Gasteiger partial charge in [-0.25, -0.2) is 4.57 Å². The molecule has 0 aliphatic rings. The summed E-state index contributed by atoms with van der Waals surface area (Å²) in [6.45, 7) is 6.85. The molecule has 0 spiro atoms. The molecule has 8 rings (SSSR count). The molecule has 188 valence electrons. The van der Waals surface area contributed by atoms with Crippen LogP contribution in [-0.4, -0.2) is 4.57 Å². The molecule has 0 aliphatic carbocycles. The molecule has 0 aliphatic heterocycles. The molecule has 0 radical (unpaired) electrons. The average Bonchev–Trinajstić information content (AvgIpc) is 3.60. The Kier molecular flexibility index (Phi) is 4.86. The Morgan fingerprint density at radius 1 is 0.641 bits per heavy atom. The van der Waals surface area contributed by atoms with Crippen LogP contribution in [0.25, 0.3) is 68.5 Å². The number of nitrogens with zero attached hydrogens (tertiary/aromatic N) is 2. The van der Waals surface area contributed by atoms with E-state index in [0.29, 0.717) is 0 Å². The van der Waals surface area contributed by atoms with Crippen molar-refractivity contribution in [3.8, 4) is 17.1 Å². The fraction of sp³-hybridized carbons (Fsp3) is 0.114. The van der Waals surface area contributed by atoms with E-state index in [1.165, 1.54) is 85.1 Å². The first-order chi connectivity index (χ1) is 19.0. The summed E-state index contributed by atoms with van der Waals surface area (Å²) in [5.74, 6) is 1.23. The SMILES string of the molecule is Cc1cc2c(sc3ccccc32)c(C)c1-n1c(-c2c(C)ccc3sc4ccccc4c23)[n+](C)c2ccccc21. The number of fused-ring (bicyclic) bond motifs is 7. The summed E-state index contributed by atoms with van der Waals surface area (Å²) < 4.78 is 10.3. The van der Waals surface area contributed by atoms with Crippen molar-refractivity contribution in [1.29, 1.82) is 0 Å². The lowest BCUT2D eigenvalue weighted by Gasteiger charge is -2.13. The van der Waals surface area contributed by atoms with E-state index >= 15 is 0 Å². The molecule has 5 aromatic carbocycles. The van der Waals surface area contributed by atoms with Crippen LogP contribution in [0.4, 0.5) is 0 Å². The number of imidazole rings is 1. The number of hydrogen-bond donors (Lipinski definition) is 0. The molecule has 0 fully saturated rings. The molecule has 0 bridgehead atoms. The number of para-hydroxylation sites is 2. The van der Waals surface area contributed by atoms with Crippen LogP contribution in [-0.2, 0) is 7.05 Å². The molecule has 0 saturated heterocycles. The summed E-state index contributed by atoms with van der Waals surface area (Å²) in [7, 11) is 2.23. The van der Waals surface area contributed by atoms with Gasteiger partial charge in [0, 0.05) is 45.9 Å². The quantitative estimate of drug-likeness (QED) is 0.193. The van der Waals surface area contributed by atoms with E-state index in [9.17, 15) is 0 Å². The molecule has 0 unspecified atom stereocenters. The largest absolute Gasteiger partial charge is 0.295 e. The van der Waals surface area contributed by atoms with Crippen molar-refractivity contribution in [2.75, 3.05) is 0 Å². The first-order valence-corrected chi connectivity index (χ1v) is 15.0. The van der Waals surface area contributed by atoms with Crippen molar-refractivity contribution >= 4 is 74.1 Å². The molecule has 39 heavy (non-hydrogen) atoms. The number of aromatic nitrogens is 2. The van der Waals surface area contributed by atoms with Crippen LogP contribution in [0.5, 0.6) is 0 Å². The smallest absolute Gasteiger partial charge is 0.225 e. The fourth-order valence-corrected chi connectivity index (χ4v) is 8.85. The van der Waals surface area contributed by atoms with E-state index in [2.05, 4.69) is 128 Å². The van der Waals surface area contributed by atoms with Crippen molar-refractivity contribution in [1.82, 2.24) is 4.57 Å². The van der Waals surface area contributed by atoms with E-state index in [1.54, 1.807) is 0 Å². The van der Waals surface area contributed by atoms with Gasteiger partial charge in [0.1, 0.15) is 5.69 Å². The summed E-state index contributed by atoms with van der Waals surface area (Å²) in [6, 6.07) is 33.5. The molecule has 0 saturated carbocycles. The molecule has 0 amide bonds. The summed E-state index contributed by atoms with van der Waals surface area (Å²) in [4.78, 5) is 0. The Bertz CT molecular complexity index is 2280. The van der Waals surface area contributed by atoms with Crippen LogP contribution >= 0.6 is 22.7 Å². The Morgan fingerprint density at radius 2 is 1.33 bits per heavy atom. The lowest BCUT2D eigenvalue weighted by atomic mass is 9.99. The minimum atomic E-state index is 1.23. The highest BCUT2D eigenvalue weighted by Crippen LogP contribution is 2.44. The summed E-state index contributed by atoms with van der Waals surface area (Å²) in [6.07, 6.45) is 0. The van der Waals surface area contributed by atoms with Gasteiger partial charge in [0.2, 0.25) is 0 Å². The van der Waals surface area contributed by atoms with Crippen molar-refractivity contribution in [2.45, 2.75) is 20.8 Å². The molecular formula is C35H27N2S2+. The number of rotatable bonds is 2. The van der Waals surface area contributed by atoms with Gasteiger partial charge in [-0.1, -0.05) is 54.6 Å². The predicted molar refractivity (Wildman–Crippen MR) is 170 cm³/mol. The van der Waals surface area contributed by atoms with Gasteiger partial charge in [-0.3, -0.25) is 0 Å². The third-order valence-electron chi connectivity index (χ3n) is 8.28. The van der Waals surface area contributed by atoms with E-state index < -0.39 is 0 Å². The van der Waals surface area contributed by atoms with Gasteiger partial charge >= 0.3 is 0 Å². The molecule has 8 aromatic rings. The summed E-state index contributed by atoms with van der Waals surface area (Å²) in [5.41, 5.74) is 9.01. The summed E-state index contributed by atoms with van der Waals surface area (Å²) in [5, 5.41) is 5.40.